The van der Waals surface area contributed by atoms with Gasteiger partial charge in [-0.3, -0.25) is 4.79 Å². The van der Waals surface area contributed by atoms with Crippen LogP contribution in [0, 0.1) is 0 Å². The van der Waals surface area contributed by atoms with E-state index in [0.717, 1.165) is 24.5 Å². The molecule has 1 amide bonds. The third-order valence-electron chi connectivity index (χ3n) is 5.37. The number of nitrogens with one attached hydrogen (secondary N) is 2. The number of rotatable bonds is 6. The van der Waals surface area contributed by atoms with Crippen LogP contribution in [0.15, 0.2) is 66.7 Å². The highest BCUT2D eigenvalue weighted by Gasteiger charge is 2.16. The quantitative estimate of drug-likeness (QED) is 0.670. The first-order valence-corrected chi connectivity index (χ1v) is 10.1. The lowest BCUT2D eigenvalue weighted by atomic mass is 10.0. The molecular weight excluding hydrogens is 362 g/mol. The first-order valence-electron chi connectivity index (χ1n) is 10.1. The smallest absolute Gasteiger partial charge is 0.238 e. The zero-order chi connectivity index (χ0) is 20.1. The van der Waals surface area contributed by atoms with Gasteiger partial charge in [0.15, 0.2) is 0 Å². The molecule has 1 atom stereocenters. The number of para-hydroxylation sites is 2. The molecule has 0 saturated carbocycles. The van der Waals surface area contributed by atoms with Gasteiger partial charge in [-0.15, -0.1) is 0 Å². The normalized spacial score (nSPS) is 15.3. The van der Waals surface area contributed by atoms with Crippen molar-refractivity contribution in [2.45, 2.75) is 13.0 Å². The zero-order valence-corrected chi connectivity index (χ0v) is 16.7. The van der Waals surface area contributed by atoms with Gasteiger partial charge < -0.3 is 20.3 Å². The Kier molecular flexibility index (Phi) is 6.08. The van der Waals surface area contributed by atoms with E-state index in [9.17, 15) is 4.79 Å². The van der Waals surface area contributed by atoms with Gasteiger partial charge >= 0.3 is 0 Å². The standard InChI is InChI=1S/C24H27N3O2/c1-18(20-11-10-19-6-2-3-7-21(19)16-20)25-17-24(28)26-22-8-4-5-9-23(22)27-12-14-29-15-13-27/h2-11,16,18,25H,12-15,17H2,1H3,(H,26,28)/t18-/m1/s1. The average molecular weight is 389 g/mol. The molecule has 1 aliphatic rings. The van der Waals surface area contributed by atoms with Crippen LogP contribution in [0.5, 0.6) is 0 Å². The minimum absolute atomic E-state index is 0.0432. The van der Waals surface area contributed by atoms with E-state index in [1.165, 1.54) is 16.3 Å². The number of carbonyl (C=O) groups excluding carboxylic acids is 1. The van der Waals surface area contributed by atoms with E-state index in [1.807, 2.05) is 36.4 Å². The molecule has 3 aromatic carbocycles. The van der Waals surface area contributed by atoms with E-state index in [2.05, 4.69) is 52.8 Å². The van der Waals surface area contributed by atoms with Crippen LogP contribution in [0.4, 0.5) is 11.4 Å². The lowest BCUT2D eigenvalue weighted by Gasteiger charge is -2.30. The Morgan fingerprint density at radius 2 is 1.72 bits per heavy atom. The van der Waals surface area contributed by atoms with Crippen LogP contribution in [0.1, 0.15) is 18.5 Å². The Morgan fingerprint density at radius 3 is 2.55 bits per heavy atom. The van der Waals surface area contributed by atoms with Crippen molar-refractivity contribution < 1.29 is 9.53 Å². The predicted molar refractivity (Wildman–Crippen MR) is 118 cm³/mol. The summed E-state index contributed by atoms with van der Waals surface area (Å²) in [4.78, 5) is 14.8. The van der Waals surface area contributed by atoms with Crippen molar-refractivity contribution >= 4 is 28.1 Å². The number of nitrogens with zero attached hydrogens (tertiary/aromatic N) is 1. The lowest BCUT2D eigenvalue weighted by molar-refractivity contribution is -0.115. The molecule has 5 nitrogen and oxygen atoms in total. The van der Waals surface area contributed by atoms with Gasteiger partial charge in [0.1, 0.15) is 0 Å². The molecule has 3 aromatic rings. The van der Waals surface area contributed by atoms with Crippen molar-refractivity contribution in [3.63, 3.8) is 0 Å². The van der Waals surface area contributed by atoms with Crippen molar-refractivity contribution in [1.82, 2.24) is 5.32 Å². The Labute approximate surface area is 171 Å². The number of carbonyl (C=O) groups is 1. The van der Waals surface area contributed by atoms with Crippen LogP contribution in [-0.2, 0) is 9.53 Å². The van der Waals surface area contributed by atoms with Crippen molar-refractivity contribution in [3.8, 4) is 0 Å². The minimum Gasteiger partial charge on any atom is -0.378 e. The fourth-order valence-electron chi connectivity index (χ4n) is 3.69. The van der Waals surface area contributed by atoms with Crippen LogP contribution < -0.4 is 15.5 Å². The van der Waals surface area contributed by atoms with Gasteiger partial charge in [0.25, 0.3) is 0 Å². The summed E-state index contributed by atoms with van der Waals surface area (Å²) >= 11 is 0. The maximum Gasteiger partial charge on any atom is 0.238 e. The molecule has 1 aliphatic heterocycles. The van der Waals surface area contributed by atoms with Crippen molar-refractivity contribution in [1.29, 1.82) is 0 Å². The summed E-state index contributed by atoms with van der Waals surface area (Å²) in [5.74, 6) is -0.0432. The third kappa shape index (κ3) is 4.75. The van der Waals surface area contributed by atoms with Crippen LogP contribution in [-0.4, -0.2) is 38.8 Å². The SMILES string of the molecule is C[C@@H](NCC(=O)Nc1ccccc1N1CCOCC1)c1ccc2ccccc2c1. The molecule has 0 bridgehead atoms. The summed E-state index contributed by atoms with van der Waals surface area (Å²) in [5, 5.41) is 8.83. The van der Waals surface area contributed by atoms with Gasteiger partial charge in [0.05, 0.1) is 31.1 Å². The average Bonchev–Trinajstić information content (AvgIpc) is 2.78. The second kappa shape index (κ2) is 9.07. The zero-order valence-electron chi connectivity index (χ0n) is 16.7. The molecule has 5 heteroatoms. The van der Waals surface area contributed by atoms with Gasteiger partial charge in [-0.05, 0) is 41.5 Å². The van der Waals surface area contributed by atoms with Crippen molar-refractivity contribution in [2.24, 2.45) is 0 Å². The topological polar surface area (TPSA) is 53.6 Å². The van der Waals surface area contributed by atoms with Gasteiger partial charge in [0, 0.05) is 19.1 Å². The molecule has 1 fully saturated rings. The van der Waals surface area contributed by atoms with Gasteiger partial charge in [0.2, 0.25) is 5.91 Å². The molecule has 0 spiro atoms. The van der Waals surface area contributed by atoms with E-state index in [4.69, 9.17) is 4.74 Å². The van der Waals surface area contributed by atoms with Gasteiger partial charge in [-0.1, -0.05) is 48.5 Å². The first kappa shape index (κ1) is 19.4. The predicted octanol–water partition coefficient (Wildman–Crippen LogP) is 3.97. The maximum absolute atomic E-state index is 12.6. The number of fused-ring (bicyclic) bond motifs is 1. The molecule has 150 valence electrons. The Morgan fingerprint density at radius 1 is 1.00 bits per heavy atom. The van der Waals surface area contributed by atoms with Crippen LogP contribution in [0.25, 0.3) is 10.8 Å². The molecule has 0 aliphatic carbocycles. The van der Waals surface area contributed by atoms with E-state index >= 15 is 0 Å². The number of amides is 1. The summed E-state index contributed by atoms with van der Waals surface area (Å²) in [7, 11) is 0. The summed E-state index contributed by atoms with van der Waals surface area (Å²) in [6, 6.07) is 22.8. The lowest BCUT2D eigenvalue weighted by Crippen LogP contribution is -2.37. The Balaban J connectivity index is 1.37. The van der Waals surface area contributed by atoms with Gasteiger partial charge in [-0.25, -0.2) is 0 Å². The first-order chi connectivity index (χ1) is 14.2. The number of hydrogen-bond donors (Lipinski definition) is 2. The maximum atomic E-state index is 12.6. The molecule has 1 heterocycles. The molecule has 2 N–H and O–H groups in total. The molecule has 1 saturated heterocycles. The van der Waals surface area contributed by atoms with E-state index in [0.29, 0.717) is 13.2 Å². The fraction of sp³-hybridized carbons (Fsp3) is 0.292. The highest BCUT2D eigenvalue weighted by molar-refractivity contribution is 5.95. The monoisotopic (exact) mass is 389 g/mol. The van der Waals surface area contributed by atoms with Gasteiger partial charge in [-0.2, -0.15) is 0 Å². The third-order valence-corrected chi connectivity index (χ3v) is 5.37. The number of morpholine rings is 1. The van der Waals surface area contributed by atoms with Crippen LogP contribution in [0.3, 0.4) is 0 Å². The molecule has 0 radical (unpaired) electrons. The van der Waals surface area contributed by atoms with Crippen molar-refractivity contribution in [2.75, 3.05) is 43.1 Å². The molecule has 29 heavy (non-hydrogen) atoms. The van der Waals surface area contributed by atoms with E-state index in [-0.39, 0.29) is 18.5 Å². The largest absolute Gasteiger partial charge is 0.378 e. The number of anilines is 2. The molecule has 0 aromatic heterocycles. The number of ether oxygens (including phenoxy) is 1. The summed E-state index contributed by atoms with van der Waals surface area (Å²) in [5.41, 5.74) is 3.07. The second-order valence-corrected chi connectivity index (χ2v) is 7.37. The number of hydrogen-bond acceptors (Lipinski definition) is 4. The highest BCUT2D eigenvalue weighted by atomic mass is 16.5. The van der Waals surface area contributed by atoms with Crippen LogP contribution in [0.2, 0.25) is 0 Å². The minimum atomic E-state index is -0.0432. The number of benzene rings is 3. The Hall–Kier alpha value is -2.89. The molecule has 4 rings (SSSR count). The summed E-state index contributed by atoms with van der Waals surface area (Å²) < 4.78 is 5.44. The van der Waals surface area contributed by atoms with Crippen molar-refractivity contribution in [3.05, 3.63) is 72.3 Å². The van der Waals surface area contributed by atoms with E-state index in [1.54, 1.807) is 0 Å². The highest BCUT2D eigenvalue weighted by Crippen LogP contribution is 2.26. The summed E-state index contributed by atoms with van der Waals surface area (Å²) in [6.45, 7) is 5.44. The second-order valence-electron chi connectivity index (χ2n) is 7.37. The van der Waals surface area contributed by atoms with E-state index < -0.39 is 0 Å². The van der Waals surface area contributed by atoms with Crippen LogP contribution >= 0.6 is 0 Å². The summed E-state index contributed by atoms with van der Waals surface area (Å²) in [6.07, 6.45) is 0. The molecule has 0 unspecified atom stereocenters. The molecular formula is C24H27N3O2. The fourth-order valence-corrected chi connectivity index (χ4v) is 3.69. The Bertz CT molecular complexity index is 983.